The molecule has 4 nitrogen and oxygen atoms in total. The van der Waals surface area contributed by atoms with Crippen LogP contribution in [0, 0.1) is 5.82 Å². The molecule has 0 saturated carbocycles. The standard InChI is InChI=1S/C17H21F4NO3/c1-10(22-15(24)25-16(2,3)4)5-8-14(23)12-7-6-11(18)9-13(12)17(19,20)21/h6-7,9-10H,5,8H2,1-4H3,(H,22,24). The molecule has 1 amide bonds. The van der Waals surface area contributed by atoms with Gasteiger partial charge in [-0.25, -0.2) is 9.18 Å². The number of halogens is 4. The van der Waals surface area contributed by atoms with Crippen molar-refractivity contribution in [2.45, 2.75) is 58.4 Å². The molecule has 0 heterocycles. The van der Waals surface area contributed by atoms with E-state index in [1.165, 1.54) is 0 Å². The Labute approximate surface area is 143 Å². The number of Topliss-reactive ketones (excluding diaryl/α,β-unsaturated/α-hetero) is 1. The van der Waals surface area contributed by atoms with Crippen LogP contribution in [0.3, 0.4) is 0 Å². The molecule has 0 fully saturated rings. The summed E-state index contributed by atoms with van der Waals surface area (Å²) in [5.41, 5.74) is -2.57. The summed E-state index contributed by atoms with van der Waals surface area (Å²) in [5.74, 6) is -1.84. The molecule has 8 heteroatoms. The highest BCUT2D eigenvalue weighted by atomic mass is 19.4. The van der Waals surface area contributed by atoms with Crippen molar-refractivity contribution < 1.29 is 31.9 Å². The van der Waals surface area contributed by atoms with E-state index in [1.54, 1.807) is 27.7 Å². The summed E-state index contributed by atoms with van der Waals surface area (Å²) in [5, 5.41) is 2.50. The van der Waals surface area contributed by atoms with E-state index in [-0.39, 0.29) is 12.8 Å². The lowest BCUT2D eigenvalue weighted by molar-refractivity contribution is -0.138. The van der Waals surface area contributed by atoms with Crippen molar-refractivity contribution in [2.75, 3.05) is 0 Å². The van der Waals surface area contributed by atoms with Crippen LogP contribution in [0.15, 0.2) is 18.2 Å². The summed E-state index contributed by atoms with van der Waals surface area (Å²) >= 11 is 0. The van der Waals surface area contributed by atoms with Crippen LogP contribution in [0.1, 0.15) is 56.5 Å². The van der Waals surface area contributed by atoms with E-state index in [1.807, 2.05) is 0 Å². The van der Waals surface area contributed by atoms with E-state index in [4.69, 9.17) is 4.74 Å². The maximum Gasteiger partial charge on any atom is 0.417 e. The molecule has 1 rings (SSSR count). The van der Waals surface area contributed by atoms with Crippen LogP contribution < -0.4 is 5.32 Å². The van der Waals surface area contributed by atoms with Crippen molar-refractivity contribution in [1.29, 1.82) is 0 Å². The Hall–Kier alpha value is -2.12. The number of hydrogen-bond acceptors (Lipinski definition) is 3. The smallest absolute Gasteiger partial charge is 0.417 e. The van der Waals surface area contributed by atoms with E-state index in [0.29, 0.717) is 6.07 Å². The molecule has 0 aliphatic rings. The van der Waals surface area contributed by atoms with Crippen LogP contribution >= 0.6 is 0 Å². The number of carbonyl (C=O) groups excluding carboxylic acids is 2. The average molecular weight is 363 g/mol. The Morgan fingerprint density at radius 1 is 1.20 bits per heavy atom. The molecule has 0 bridgehead atoms. The van der Waals surface area contributed by atoms with Gasteiger partial charge in [0.15, 0.2) is 5.78 Å². The molecule has 1 atom stereocenters. The first-order valence-corrected chi connectivity index (χ1v) is 7.69. The minimum Gasteiger partial charge on any atom is -0.444 e. The molecule has 25 heavy (non-hydrogen) atoms. The Morgan fingerprint density at radius 2 is 1.80 bits per heavy atom. The topological polar surface area (TPSA) is 55.4 Å². The van der Waals surface area contributed by atoms with Crippen molar-refractivity contribution in [1.82, 2.24) is 5.32 Å². The third-order valence-corrected chi connectivity index (χ3v) is 3.15. The number of alkyl halides is 3. The molecule has 1 aromatic carbocycles. The SMILES string of the molecule is CC(CCC(=O)c1ccc(F)cc1C(F)(F)F)NC(=O)OC(C)(C)C. The van der Waals surface area contributed by atoms with Crippen molar-refractivity contribution >= 4 is 11.9 Å². The van der Waals surface area contributed by atoms with E-state index < -0.39 is 46.6 Å². The summed E-state index contributed by atoms with van der Waals surface area (Å²) in [6.45, 7) is 6.67. The maximum atomic E-state index is 13.1. The lowest BCUT2D eigenvalue weighted by Crippen LogP contribution is -2.37. The van der Waals surface area contributed by atoms with Gasteiger partial charge < -0.3 is 10.1 Å². The Bertz CT molecular complexity index is 636. The van der Waals surface area contributed by atoms with Crippen LogP contribution in [0.4, 0.5) is 22.4 Å². The second-order valence-electron chi connectivity index (χ2n) is 6.70. The first-order valence-electron chi connectivity index (χ1n) is 7.69. The molecule has 0 aliphatic heterocycles. The van der Waals surface area contributed by atoms with Gasteiger partial charge in [-0.05, 0) is 52.3 Å². The minimum absolute atomic E-state index is 0.118. The number of nitrogens with one attached hydrogen (secondary N) is 1. The molecule has 1 aromatic rings. The van der Waals surface area contributed by atoms with E-state index in [9.17, 15) is 27.2 Å². The zero-order valence-corrected chi connectivity index (χ0v) is 14.5. The Morgan fingerprint density at radius 3 is 2.32 bits per heavy atom. The van der Waals surface area contributed by atoms with Crippen LogP contribution in [0.2, 0.25) is 0 Å². The van der Waals surface area contributed by atoms with Gasteiger partial charge in [0.05, 0.1) is 5.56 Å². The first-order chi connectivity index (χ1) is 11.3. The van der Waals surface area contributed by atoms with Crippen LogP contribution in [0.5, 0.6) is 0 Å². The number of rotatable bonds is 5. The lowest BCUT2D eigenvalue weighted by Gasteiger charge is -2.22. The average Bonchev–Trinajstić information content (AvgIpc) is 2.41. The first kappa shape index (κ1) is 20.9. The lowest BCUT2D eigenvalue weighted by atomic mass is 9.98. The highest BCUT2D eigenvalue weighted by molar-refractivity contribution is 5.97. The molecule has 1 unspecified atom stereocenters. The van der Waals surface area contributed by atoms with E-state index in [0.717, 1.165) is 12.1 Å². The van der Waals surface area contributed by atoms with E-state index in [2.05, 4.69) is 5.32 Å². The van der Waals surface area contributed by atoms with Crippen molar-refractivity contribution in [3.63, 3.8) is 0 Å². The normalized spacial score (nSPS) is 13.3. The molecule has 140 valence electrons. The predicted molar refractivity (Wildman–Crippen MR) is 83.8 cm³/mol. The summed E-state index contributed by atoms with van der Waals surface area (Å²) in [6.07, 6.45) is -5.61. The summed E-state index contributed by atoms with van der Waals surface area (Å²) in [7, 11) is 0. The van der Waals surface area contributed by atoms with Gasteiger partial charge in [0.1, 0.15) is 11.4 Å². The van der Waals surface area contributed by atoms with Crippen LogP contribution in [0.25, 0.3) is 0 Å². The number of ether oxygens (including phenoxy) is 1. The number of amides is 1. The molecule has 0 aromatic heterocycles. The Balaban J connectivity index is 2.70. The fraction of sp³-hybridized carbons (Fsp3) is 0.529. The van der Waals surface area contributed by atoms with Gasteiger partial charge in [-0.15, -0.1) is 0 Å². The van der Waals surface area contributed by atoms with Crippen LogP contribution in [-0.2, 0) is 10.9 Å². The Kier molecular flexibility index (Phi) is 6.56. The minimum atomic E-state index is -4.83. The molecule has 0 saturated heterocycles. The number of benzene rings is 1. The highest BCUT2D eigenvalue weighted by Gasteiger charge is 2.35. The van der Waals surface area contributed by atoms with Crippen molar-refractivity contribution in [2.24, 2.45) is 0 Å². The fourth-order valence-electron chi connectivity index (χ4n) is 2.06. The molecule has 0 radical (unpaired) electrons. The summed E-state index contributed by atoms with van der Waals surface area (Å²) < 4.78 is 56.9. The quantitative estimate of drug-likeness (QED) is 0.608. The maximum absolute atomic E-state index is 13.1. The molecular formula is C17H21F4NO3. The van der Waals surface area contributed by atoms with Gasteiger partial charge in [0, 0.05) is 18.0 Å². The second kappa shape index (κ2) is 7.84. The van der Waals surface area contributed by atoms with Gasteiger partial charge in [0.25, 0.3) is 0 Å². The third kappa shape index (κ3) is 7.11. The molecular weight excluding hydrogens is 342 g/mol. The van der Waals surface area contributed by atoms with Gasteiger partial charge in [-0.2, -0.15) is 13.2 Å². The van der Waals surface area contributed by atoms with Gasteiger partial charge >= 0.3 is 12.3 Å². The van der Waals surface area contributed by atoms with Gasteiger partial charge in [-0.1, -0.05) is 0 Å². The monoisotopic (exact) mass is 363 g/mol. The summed E-state index contributed by atoms with van der Waals surface area (Å²) in [4.78, 5) is 23.7. The van der Waals surface area contributed by atoms with Gasteiger partial charge in [0.2, 0.25) is 0 Å². The number of ketones is 1. The fourth-order valence-corrected chi connectivity index (χ4v) is 2.06. The third-order valence-electron chi connectivity index (χ3n) is 3.15. The number of hydrogen-bond donors (Lipinski definition) is 1. The van der Waals surface area contributed by atoms with Gasteiger partial charge in [-0.3, -0.25) is 4.79 Å². The van der Waals surface area contributed by atoms with Crippen molar-refractivity contribution in [3.8, 4) is 0 Å². The number of alkyl carbamates (subject to hydrolysis) is 1. The zero-order valence-electron chi connectivity index (χ0n) is 14.5. The molecule has 1 N–H and O–H groups in total. The largest absolute Gasteiger partial charge is 0.444 e. The van der Waals surface area contributed by atoms with Crippen LogP contribution in [-0.4, -0.2) is 23.5 Å². The predicted octanol–water partition coefficient (Wildman–Crippen LogP) is 4.72. The zero-order chi connectivity index (χ0) is 19.4. The highest BCUT2D eigenvalue weighted by Crippen LogP contribution is 2.33. The van der Waals surface area contributed by atoms with Crippen molar-refractivity contribution in [3.05, 3.63) is 35.1 Å². The summed E-state index contributed by atoms with van der Waals surface area (Å²) in [6, 6.07) is 1.46. The van der Waals surface area contributed by atoms with E-state index >= 15 is 0 Å². The number of carbonyl (C=O) groups is 2. The molecule has 0 spiro atoms. The second-order valence-corrected chi connectivity index (χ2v) is 6.70. The molecule has 0 aliphatic carbocycles.